The van der Waals surface area contributed by atoms with E-state index in [1.165, 1.54) is 7.11 Å². The molecule has 0 saturated carbocycles. The maximum absolute atomic E-state index is 13.7. The van der Waals surface area contributed by atoms with E-state index in [9.17, 15) is 22.8 Å². The van der Waals surface area contributed by atoms with E-state index < -0.39 is 23.6 Å². The normalized spacial score (nSPS) is 19.6. The molecule has 190 valence electrons. The molecule has 0 fully saturated rings. The van der Waals surface area contributed by atoms with Crippen LogP contribution in [0, 0.1) is 5.41 Å². The fraction of sp³-hybridized carbons (Fsp3) is 0.333. The van der Waals surface area contributed by atoms with Gasteiger partial charge in [-0.15, -0.1) is 0 Å². The molecule has 36 heavy (non-hydrogen) atoms. The van der Waals surface area contributed by atoms with Crippen LogP contribution in [0.3, 0.4) is 0 Å². The van der Waals surface area contributed by atoms with Gasteiger partial charge in [-0.05, 0) is 43.0 Å². The summed E-state index contributed by atoms with van der Waals surface area (Å²) in [6, 6.07) is 9.82. The SMILES string of the molecule is COc1ccccc1[C@H]1C(C(=O)Nc2cc(C(F)(F)F)ccc2Cl)=C(C)NC2=C1C(=O)CC(C)(C)C2. The minimum absolute atomic E-state index is 0.0392. The highest BCUT2D eigenvalue weighted by atomic mass is 35.5. The maximum atomic E-state index is 13.7. The number of carbonyl (C=O) groups excluding carboxylic acids is 2. The van der Waals surface area contributed by atoms with E-state index in [0.717, 1.165) is 23.9 Å². The van der Waals surface area contributed by atoms with Crippen molar-refractivity contribution < 1.29 is 27.5 Å². The van der Waals surface area contributed by atoms with Crippen LogP contribution in [0.4, 0.5) is 18.9 Å². The molecule has 2 aromatic rings. The molecule has 1 atom stereocenters. The molecule has 4 rings (SSSR count). The Morgan fingerprint density at radius 1 is 1.17 bits per heavy atom. The van der Waals surface area contributed by atoms with Crippen molar-refractivity contribution >= 4 is 29.0 Å². The van der Waals surface area contributed by atoms with Crippen LogP contribution in [-0.4, -0.2) is 18.8 Å². The lowest BCUT2D eigenvalue weighted by molar-refractivity contribution is -0.137. The third kappa shape index (κ3) is 4.87. The topological polar surface area (TPSA) is 67.4 Å². The van der Waals surface area contributed by atoms with Gasteiger partial charge in [0.25, 0.3) is 5.91 Å². The van der Waals surface area contributed by atoms with E-state index in [4.69, 9.17) is 16.3 Å². The standard InChI is InChI=1S/C27H26ClF3N2O3/c1-14-22(25(35)33-18-11-15(27(29,30)31)9-10-17(18)28)23(16-7-5-6-8-21(16)36-4)24-19(32-14)12-26(2,3)13-20(24)34/h5-11,23,32H,12-13H2,1-4H3,(H,33,35)/t23-/m0/s1. The summed E-state index contributed by atoms with van der Waals surface area (Å²) in [4.78, 5) is 27.1. The van der Waals surface area contributed by atoms with Gasteiger partial charge in [-0.3, -0.25) is 9.59 Å². The highest BCUT2D eigenvalue weighted by Crippen LogP contribution is 2.48. The number of alkyl halides is 3. The average Bonchev–Trinajstić information content (AvgIpc) is 2.77. The Labute approximate surface area is 212 Å². The lowest BCUT2D eigenvalue weighted by Crippen LogP contribution is -2.39. The third-order valence-electron chi connectivity index (χ3n) is 6.48. The largest absolute Gasteiger partial charge is 0.496 e. The maximum Gasteiger partial charge on any atom is 0.416 e. The fourth-order valence-corrected chi connectivity index (χ4v) is 5.10. The molecule has 9 heteroatoms. The highest BCUT2D eigenvalue weighted by Gasteiger charge is 2.43. The van der Waals surface area contributed by atoms with Crippen molar-refractivity contribution in [3.05, 3.63) is 81.2 Å². The van der Waals surface area contributed by atoms with Crippen LogP contribution in [0.15, 0.2) is 65.0 Å². The molecule has 1 amide bonds. The Morgan fingerprint density at radius 2 is 1.86 bits per heavy atom. The quantitative estimate of drug-likeness (QED) is 0.478. The number of nitrogens with one attached hydrogen (secondary N) is 2. The Morgan fingerprint density at radius 3 is 2.53 bits per heavy atom. The summed E-state index contributed by atoms with van der Waals surface area (Å²) in [5, 5.41) is 5.74. The first-order valence-electron chi connectivity index (χ1n) is 11.4. The minimum atomic E-state index is -4.60. The number of dihydropyridines is 1. The number of amides is 1. The van der Waals surface area contributed by atoms with Crippen molar-refractivity contribution in [3.63, 3.8) is 0 Å². The Hall–Kier alpha value is -3.26. The van der Waals surface area contributed by atoms with Crippen LogP contribution < -0.4 is 15.4 Å². The van der Waals surface area contributed by atoms with Crippen LogP contribution in [0.1, 0.15) is 50.7 Å². The van der Waals surface area contributed by atoms with Gasteiger partial charge >= 0.3 is 6.18 Å². The summed E-state index contributed by atoms with van der Waals surface area (Å²) < 4.78 is 45.4. The van der Waals surface area contributed by atoms with Crippen LogP contribution >= 0.6 is 11.6 Å². The zero-order valence-electron chi connectivity index (χ0n) is 20.3. The molecule has 2 aliphatic rings. The van der Waals surface area contributed by atoms with Crippen LogP contribution in [0.5, 0.6) is 5.75 Å². The number of para-hydroxylation sites is 1. The molecule has 0 unspecified atom stereocenters. The van der Waals surface area contributed by atoms with E-state index in [1.54, 1.807) is 31.2 Å². The molecule has 0 spiro atoms. The smallest absolute Gasteiger partial charge is 0.416 e. The van der Waals surface area contributed by atoms with Gasteiger partial charge in [0.05, 0.1) is 29.3 Å². The minimum Gasteiger partial charge on any atom is -0.496 e. The summed E-state index contributed by atoms with van der Waals surface area (Å²) in [7, 11) is 1.50. The second-order valence-corrected chi connectivity index (χ2v) is 10.2. The molecule has 0 saturated heterocycles. The lowest BCUT2D eigenvalue weighted by Gasteiger charge is -2.40. The van der Waals surface area contributed by atoms with Crippen molar-refractivity contribution in [2.75, 3.05) is 12.4 Å². The zero-order chi connectivity index (χ0) is 26.4. The number of hydrogen-bond acceptors (Lipinski definition) is 4. The number of rotatable bonds is 4. The predicted octanol–water partition coefficient (Wildman–Crippen LogP) is 6.61. The second-order valence-electron chi connectivity index (χ2n) is 9.82. The summed E-state index contributed by atoms with van der Waals surface area (Å²) in [6.45, 7) is 5.72. The number of ketones is 1. The predicted molar refractivity (Wildman–Crippen MR) is 132 cm³/mol. The van der Waals surface area contributed by atoms with Crippen molar-refractivity contribution in [2.24, 2.45) is 5.41 Å². The van der Waals surface area contributed by atoms with Crippen LogP contribution in [0.25, 0.3) is 0 Å². The average molecular weight is 519 g/mol. The van der Waals surface area contributed by atoms with E-state index in [2.05, 4.69) is 10.6 Å². The summed E-state index contributed by atoms with van der Waals surface area (Å²) in [5.74, 6) is -1.05. The molecule has 1 aliphatic carbocycles. The molecule has 1 aliphatic heterocycles. The summed E-state index contributed by atoms with van der Waals surface area (Å²) in [6.07, 6.45) is -3.70. The van der Waals surface area contributed by atoms with Gasteiger partial charge in [0.1, 0.15) is 5.75 Å². The van der Waals surface area contributed by atoms with Gasteiger partial charge < -0.3 is 15.4 Å². The van der Waals surface area contributed by atoms with Crippen molar-refractivity contribution in [1.29, 1.82) is 0 Å². The van der Waals surface area contributed by atoms with Crippen molar-refractivity contribution in [2.45, 2.75) is 45.7 Å². The van der Waals surface area contributed by atoms with Gasteiger partial charge in [-0.2, -0.15) is 13.2 Å². The first-order valence-corrected chi connectivity index (χ1v) is 11.8. The number of methoxy groups -OCH3 is 1. The zero-order valence-corrected chi connectivity index (χ0v) is 21.0. The second kappa shape index (κ2) is 9.32. The van der Waals surface area contributed by atoms with Crippen LogP contribution in [0.2, 0.25) is 5.02 Å². The first-order chi connectivity index (χ1) is 16.8. The summed E-state index contributed by atoms with van der Waals surface area (Å²) in [5.41, 5.74) is 1.14. The number of Topliss-reactive ketones (excluding diaryl/α,β-unsaturated/α-hetero) is 1. The number of allylic oxidation sites excluding steroid dienone is 3. The van der Waals surface area contributed by atoms with Gasteiger partial charge in [-0.1, -0.05) is 43.6 Å². The molecule has 5 nitrogen and oxygen atoms in total. The van der Waals surface area contributed by atoms with E-state index >= 15 is 0 Å². The van der Waals surface area contributed by atoms with E-state index in [-0.39, 0.29) is 27.5 Å². The van der Waals surface area contributed by atoms with Gasteiger partial charge in [0.15, 0.2) is 5.78 Å². The van der Waals surface area contributed by atoms with E-state index in [0.29, 0.717) is 35.4 Å². The first kappa shape index (κ1) is 25.8. The Kier molecular flexibility index (Phi) is 6.68. The Bertz CT molecular complexity index is 1310. The number of carbonyl (C=O) groups is 2. The number of hydrogen-bond donors (Lipinski definition) is 2. The number of benzene rings is 2. The molecule has 0 aromatic heterocycles. The van der Waals surface area contributed by atoms with Gasteiger partial charge in [-0.25, -0.2) is 0 Å². The monoisotopic (exact) mass is 518 g/mol. The number of anilines is 1. The molecular formula is C27H26ClF3N2O3. The fourth-order valence-electron chi connectivity index (χ4n) is 4.94. The lowest BCUT2D eigenvalue weighted by atomic mass is 9.68. The molecule has 2 N–H and O–H groups in total. The van der Waals surface area contributed by atoms with Gasteiger partial charge in [0.2, 0.25) is 0 Å². The molecule has 0 bridgehead atoms. The molecule has 0 radical (unpaired) electrons. The Balaban J connectivity index is 1.83. The molecule has 1 heterocycles. The number of ether oxygens (including phenoxy) is 1. The highest BCUT2D eigenvalue weighted by molar-refractivity contribution is 6.34. The number of halogens is 4. The van der Waals surface area contributed by atoms with E-state index in [1.807, 2.05) is 13.8 Å². The molecular weight excluding hydrogens is 493 g/mol. The van der Waals surface area contributed by atoms with Gasteiger partial charge in [0, 0.05) is 34.5 Å². The molecule has 2 aromatic carbocycles. The summed E-state index contributed by atoms with van der Waals surface area (Å²) >= 11 is 6.13. The third-order valence-corrected chi connectivity index (χ3v) is 6.81. The van der Waals surface area contributed by atoms with Crippen molar-refractivity contribution in [3.8, 4) is 5.75 Å². The van der Waals surface area contributed by atoms with Crippen molar-refractivity contribution in [1.82, 2.24) is 5.32 Å². The van der Waals surface area contributed by atoms with Crippen LogP contribution in [-0.2, 0) is 15.8 Å².